The number of hydrogen-bond donors (Lipinski definition) is 0. The number of esters is 1. The molecule has 1 aromatic heterocycles. The third kappa shape index (κ3) is 6.23. The SMILES string of the molecule is CCOC(=O)/C=C/C(C)Sc1ccc(-c2cccnc2OC(C)C)cc1. The monoisotopic (exact) mass is 371 g/mol. The van der Waals surface area contributed by atoms with E-state index < -0.39 is 0 Å². The van der Waals surface area contributed by atoms with Crippen LogP contribution in [0.5, 0.6) is 5.88 Å². The zero-order valence-electron chi connectivity index (χ0n) is 15.6. The van der Waals surface area contributed by atoms with Gasteiger partial charge in [0, 0.05) is 28.0 Å². The summed E-state index contributed by atoms with van der Waals surface area (Å²) < 4.78 is 10.7. The first kappa shape index (κ1) is 20.0. The molecule has 0 radical (unpaired) electrons. The Hall–Kier alpha value is -2.27. The fourth-order valence-electron chi connectivity index (χ4n) is 2.30. The Morgan fingerprint density at radius 1 is 1.19 bits per heavy atom. The number of benzene rings is 1. The summed E-state index contributed by atoms with van der Waals surface area (Å²) in [4.78, 5) is 16.8. The lowest BCUT2D eigenvalue weighted by atomic mass is 10.1. The first-order chi connectivity index (χ1) is 12.5. The van der Waals surface area contributed by atoms with Gasteiger partial charge in [-0.15, -0.1) is 11.8 Å². The summed E-state index contributed by atoms with van der Waals surface area (Å²) in [6.45, 7) is 8.21. The van der Waals surface area contributed by atoms with Gasteiger partial charge in [-0.05, 0) is 57.5 Å². The number of thioether (sulfide) groups is 1. The number of hydrogen-bond acceptors (Lipinski definition) is 5. The standard InChI is InChI=1S/C21H25NO3S/c1-5-24-20(23)13-8-16(4)26-18-11-9-17(10-12-18)19-7-6-14-22-21(19)25-15(2)3/h6-16H,5H2,1-4H3/b13-8+. The Bertz CT molecular complexity index is 741. The number of carbonyl (C=O) groups excluding carboxylic acids is 1. The van der Waals surface area contributed by atoms with E-state index in [0.29, 0.717) is 12.5 Å². The molecule has 138 valence electrons. The molecular weight excluding hydrogens is 346 g/mol. The highest BCUT2D eigenvalue weighted by Gasteiger charge is 2.09. The molecule has 0 N–H and O–H groups in total. The number of rotatable bonds is 8. The van der Waals surface area contributed by atoms with Crippen LogP contribution in [0.1, 0.15) is 27.7 Å². The Morgan fingerprint density at radius 2 is 1.92 bits per heavy atom. The largest absolute Gasteiger partial charge is 0.475 e. The smallest absolute Gasteiger partial charge is 0.330 e. The fourth-order valence-corrected chi connectivity index (χ4v) is 3.18. The van der Waals surface area contributed by atoms with Crippen LogP contribution in [0.15, 0.2) is 59.6 Å². The van der Waals surface area contributed by atoms with Crippen molar-refractivity contribution in [3.8, 4) is 17.0 Å². The number of pyridine rings is 1. The van der Waals surface area contributed by atoms with Gasteiger partial charge >= 0.3 is 5.97 Å². The average molecular weight is 372 g/mol. The molecule has 4 nitrogen and oxygen atoms in total. The summed E-state index contributed by atoms with van der Waals surface area (Å²) >= 11 is 1.68. The molecule has 1 aromatic carbocycles. The lowest BCUT2D eigenvalue weighted by Gasteiger charge is -2.13. The zero-order chi connectivity index (χ0) is 18.9. The maximum Gasteiger partial charge on any atom is 0.330 e. The van der Waals surface area contributed by atoms with Gasteiger partial charge in [-0.25, -0.2) is 9.78 Å². The summed E-state index contributed by atoms with van der Waals surface area (Å²) in [6.07, 6.45) is 5.15. The van der Waals surface area contributed by atoms with E-state index in [-0.39, 0.29) is 17.3 Å². The molecule has 1 atom stereocenters. The maximum atomic E-state index is 11.4. The van der Waals surface area contributed by atoms with E-state index in [9.17, 15) is 4.79 Å². The third-order valence-corrected chi connectivity index (χ3v) is 4.47. The van der Waals surface area contributed by atoms with Crippen molar-refractivity contribution >= 4 is 17.7 Å². The van der Waals surface area contributed by atoms with Crippen LogP contribution in [0.25, 0.3) is 11.1 Å². The van der Waals surface area contributed by atoms with Crippen molar-refractivity contribution in [1.82, 2.24) is 4.98 Å². The van der Waals surface area contributed by atoms with E-state index in [4.69, 9.17) is 9.47 Å². The van der Waals surface area contributed by atoms with Crippen LogP contribution in [-0.2, 0) is 9.53 Å². The summed E-state index contributed by atoms with van der Waals surface area (Å²) in [5, 5.41) is 0.170. The molecule has 0 bridgehead atoms. The second kappa shape index (κ2) is 10.0. The molecule has 0 amide bonds. The van der Waals surface area contributed by atoms with Crippen LogP contribution in [-0.4, -0.2) is 28.9 Å². The molecule has 0 aliphatic rings. The molecule has 0 spiro atoms. The molecule has 5 heteroatoms. The van der Waals surface area contributed by atoms with E-state index in [1.165, 1.54) is 6.08 Å². The minimum Gasteiger partial charge on any atom is -0.475 e. The Balaban J connectivity index is 2.06. The second-order valence-corrected chi connectivity index (χ2v) is 7.43. The highest BCUT2D eigenvalue weighted by molar-refractivity contribution is 8.00. The van der Waals surface area contributed by atoms with Gasteiger partial charge in [-0.3, -0.25) is 0 Å². The van der Waals surface area contributed by atoms with E-state index in [1.807, 2.05) is 39.0 Å². The van der Waals surface area contributed by atoms with Crippen molar-refractivity contribution in [2.45, 2.75) is 43.9 Å². The lowest BCUT2D eigenvalue weighted by Crippen LogP contribution is -2.07. The number of nitrogens with zero attached hydrogens (tertiary/aromatic N) is 1. The van der Waals surface area contributed by atoms with Gasteiger partial charge in [0.25, 0.3) is 0 Å². The van der Waals surface area contributed by atoms with E-state index in [2.05, 4.69) is 29.2 Å². The Labute approximate surface area is 159 Å². The van der Waals surface area contributed by atoms with Gasteiger partial charge in [0.05, 0.1) is 12.7 Å². The van der Waals surface area contributed by atoms with Crippen LogP contribution in [0.3, 0.4) is 0 Å². The van der Waals surface area contributed by atoms with Crippen molar-refractivity contribution in [1.29, 1.82) is 0 Å². The van der Waals surface area contributed by atoms with Crippen LogP contribution < -0.4 is 4.74 Å². The first-order valence-corrected chi connectivity index (χ1v) is 9.61. The topological polar surface area (TPSA) is 48.4 Å². The molecule has 2 rings (SSSR count). The predicted molar refractivity (Wildman–Crippen MR) is 107 cm³/mol. The molecular formula is C21H25NO3S. The molecule has 0 fully saturated rings. The van der Waals surface area contributed by atoms with Gasteiger partial charge in [-0.1, -0.05) is 18.2 Å². The van der Waals surface area contributed by atoms with Gasteiger partial charge in [-0.2, -0.15) is 0 Å². The molecule has 0 aliphatic carbocycles. The van der Waals surface area contributed by atoms with E-state index >= 15 is 0 Å². The molecule has 0 aliphatic heterocycles. The van der Waals surface area contributed by atoms with Crippen LogP contribution in [0, 0.1) is 0 Å². The van der Waals surface area contributed by atoms with E-state index in [1.54, 1.807) is 24.9 Å². The summed E-state index contributed by atoms with van der Waals surface area (Å²) in [5.74, 6) is 0.346. The van der Waals surface area contributed by atoms with Gasteiger partial charge in [0.15, 0.2) is 0 Å². The molecule has 1 heterocycles. The van der Waals surface area contributed by atoms with Crippen molar-refractivity contribution in [3.05, 3.63) is 54.7 Å². The van der Waals surface area contributed by atoms with Crippen molar-refractivity contribution < 1.29 is 14.3 Å². The van der Waals surface area contributed by atoms with Crippen LogP contribution in [0.4, 0.5) is 0 Å². The number of carbonyl (C=O) groups is 1. The van der Waals surface area contributed by atoms with Gasteiger partial charge in [0.1, 0.15) is 0 Å². The molecule has 0 saturated carbocycles. The highest BCUT2D eigenvalue weighted by Crippen LogP contribution is 2.31. The van der Waals surface area contributed by atoms with E-state index in [0.717, 1.165) is 16.0 Å². The first-order valence-electron chi connectivity index (χ1n) is 8.73. The van der Waals surface area contributed by atoms with Crippen LogP contribution in [0.2, 0.25) is 0 Å². The van der Waals surface area contributed by atoms with Gasteiger partial charge < -0.3 is 9.47 Å². The lowest BCUT2D eigenvalue weighted by molar-refractivity contribution is -0.137. The summed E-state index contributed by atoms with van der Waals surface area (Å²) in [7, 11) is 0. The van der Waals surface area contributed by atoms with Gasteiger partial charge in [0.2, 0.25) is 5.88 Å². The second-order valence-electron chi connectivity index (χ2n) is 5.98. The third-order valence-electron chi connectivity index (χ3n) is 3.40. The minimum atomic E-state index is -0.301. The maximum absolute atomic E-state index is 11.4. The summed E-state index contributed by atoms with van der Waals surface area (Å²) in [5.41, 5.74) is 2.04. The quantitative estimate of drug-likeness (QED) is 0.365. The zero-order valence-corrected chi connectivity index (χ0v) is 16.5. The minimum absolute atomic E-state index is 0.0745. The number of ether oxygens (including phenoxy) is 2. The molecule has 26 heavy (non-hydrogen) atoms. The van der Waals surface area contributed by atoms with Crippen LogP contribution >= 0.6 is 11.8 Å². The fraction of sp³-hybridized carbons (Fsp3) is 0.333. The predicted octanol–water partition coefficient (Wildman–Crippen LogP) is 5.14. The van der Waals surface area contributed by atoms with Crippen molar-refractivity contribution in [2.24, 2.45) is 0 Å². The molecule has 0 saturated heterocycles. The average Bonchev–Trinajstić information content (AvgIpc) is 2.61. The number of aromatic nitrogens is 1. The summed E-state index contributed by atoms with van der Waals surface area (Å²) in [6, 6.07) is 12.2. The normalized spacial score (nSPS) is 12.3. The molecule has 2 aromatic rings. The molecule has 1 unspecified atom stereocenters. The van der Waals surface area contributed by atoms with Crippen molar-refractivity contribution in [2.75, 3.05) is 6.61 Å². The Morgan fingerprint density at radius 3 is 2.58 bits per heavy atom. The highest BCUT2D eigenvalue weighted by atomic mass is 32.2. The Kier molecular flexibility index (Phi) is 7.73. The van der Waals surface area contributed by atoms with Crippen molar-refractivity contribution in [3.63, 3.8) is 0 Å².